The van der Waals surface area contributed by atoms with Gasteiger partial charge in [0.2, 0.25) is 0 Å². The quantitative estimate of drug-likeness (QED) is 0.0448. The molecule has 0 aromatic rings. The molecule has 0 aromatic carbocycles. The van der Waals surface area contributed by atoms with Gasteiger partial charge in [-0.25, -0.2) is 0 Å². The summed E-state index contributed by atoms with van der Waals surface area (Å²) in [4.78, 5) is 0. The summed E-state index contributed by atoms with van der Waals surface area (Å²) in [5, 5.41) is 0. The highest BCUT2D eigenvalue weighted by Crippen LogP contribution is 2.47. The second kappa shape index (κ2) is 27.1. The summed E-state index contributed by atoms with van der Waals surface area (Å²) in [6, 6.07) is 0. The molecule has 3 heteroatoms. The molecule has 0 aliphatic rings. The third-order valence-electron chi connectivity index (χ3n) is 6.78. The van der Waals surface area contributed by atoms with E-state index in [-0.39, 0.29) is 6.29 Å². The van der Waals surface area contributed by atoms with Crippen LogP contribution >= 0.6 is 7.26 Å². The van der Waals surface area contributed by atoms with Crippen LogP contribution in [0.15, 0.2) is 12.2 Å². The van der Waals surface area contributed by atoms with Crippen molar-refractivity contribution >= 4 is 7.26 Å². The molecule has 0 bridgehead atoms. The Morgan fingerprint density at radius 1 is 0.514 bits per heavy atom. The predicted octanol–water partition coefficient (Wildman–Crippen LogP) is 11.0. The third-order valence-corrected chi connectivity index (χ3v) is 8.44. The summed E-state index contributed by atoms with van der Waals surface area (Å²) < 4.78 is 12.4. The van der Waals surface area contributed by atoms with Gasteiger partial charge in [-0.05, 0) is 51.4 Å². The molecule has 35 heavy (non-hydrogen) atoms. The van der Waals surface area contributed by atoms with Crippen molar-refractivity contribution in [3.63, 3.8) is 0 Å². The summed E-state index contributed by atoms with van der Waals surface area (Å²) in [7, 11) is -0.590. The molecular formula is C32H66O2P+. The lowest BCUT2D eigenvalue weighted by molar-refractivity contribution is -0.148. The lowest BCUT2D eigenvalue weighted by Gasteiger charge is -2.19. The number of unbranched alkanes of at least 4 members (excludes halogenated alkanes) is 16. The number of hydrogen-bond donors (Lipinski definition) is 0. The minimum atomic E-state index is -0.590. The lowest BCUT2D eigenvalue weighted by Crippen LogP contribution is -2.19. The molecule has 0 saturated carbocycles. The van der Waals surface area contributed by atoms with E-state index < -0.39 is 7.26 Å². The Morgan fingerprint density at radius 3 is 1.43 bits per heavy atom. The zero-order valence-electron chi connectivity index (χ0n) is 25.0. The van der Waals surface area contributed by atoms with Crippen LogP contribution in [0.1, 0.15) is 149 Å². The van der Waals surface area contributed by atoms with Gasteiger partial charge < -0.3 is 9.47 Å². The second-order valence-corrected chi connectivity index (χ2v) is 16.7. The molecule has 0 heterocycles. The first kappa shape index (κ1) is 35.1. The van der Waals surface area contributed by atoms with Crippen molar-refractivity contribution in [1.29, 1.82) is 0 Å². The van der Waals surface area contributed by atoms with Crippen LogP contribution in [-0.2, 0) is 9.47 Å². The van der Waals surface area contributed by atoms with Gasteiger partial charge in [0, 0.05) is 40.5 Å². The van der Waals surface area contributed by atoms with Gasteiger partial charge in [-0.15, -0.1) is 0 Å². The molecule has 0 aliphatic heterocycles. The third kappa shape index (κ3) is 30.2. The Balaban J connectivity index is 3.94. The molecular weight excluding hydrogens is 447 g/mol. The van der Waals surface area contributed by atoms with Gasteiger partial charge in [0.25, 0.3) is 0 Å². The van der Waals surface area contributed by atoms with Gasteiger partial charge in [-0.2, -0.15) is 0 Å². The molecule has 0 spiro atoms. The molecule has 0 amide bonds. The van der Waals surface area contributed by atoms with E-state index in [0.29, 0.717) is 0 Å². The van der Waals surface area contributed by atoms with Gasteiger partial charge in [0.15, 0.2) is 6.29 Å². The fourth-order valence-corrected chi connectivity index (χ4v) is 5.56. The van der Waals surface area contributed by atoms with E-state index >= 15 is 0 Å². The predicted molar refractivity (Wildman–Crippen MR) is 163 cm³/mol. The van der Waals surface area contributed by atoms with Crippen LogP contribution in [0.2, 0.25) is 0 Å². The highest BCUT2D eigenvalue weighted by Gasteiger charge is 2.15. The minimum absolute atomic E-state index is 0.0199. The number of hydrogen-bond acceptors (Lipinski definition) is 2. The standard InChI is InChI=1S/C32H66O2P/c1-6-8-10-12-17-21-25-29-33-32(34-30-26-22-18-13-11-9-7-2)28-24-20-16-14-15-19-23-27-31-35(3,4)5/h15,19,32H,6-14,16-18,20-31H2,1-5H3/q+1/b19-15+. The summed E-state index contributed by atoms with van der Waals surface area (Å²) in [5.41, 5.74) is 0. The van der Waals surface area contributed by atoms with Crippen molar-refractivity contribution in [3.05, 3.63) is 12.2 Å². The Hall–Kier alpha value is 0.0900. The van der Waals surface area contributed by atoms with E-state index in [9.17, 15) is 0 Å². The van der Waals surface area contributed by atoms with E-state index in [1.807, 2.05) is 0 Å². The van der Waals surface area contributed by atoms with Crippen LogP contribution in [0.3, 0.4) is 0 Å². The maximum Gasteiger partial charge on any atom is 0.157 e. The zero-order chi connectivity index (χ0) is 25.9. The van der Waals surface area contributed by atoms with Gasteiger partial charge in [0.05, 0.1) is 6.16 Å². The van der Waals surface area contributed by atoms with Gasteiger partial charge in [0.1, 0.15) is 0 Å². The SMILES string of the molecule is CCCCCCCCCOC(CCCCC/C=C/CCC[P+](C)(C)C)OCCCCCCCCC. The summed E-state index contributed by atoms with van der Waals surface area (Å²) in [6.07, 6.45) is 33.7. The van der Waals surface area contributed by atoms with Gasteiger partial charge >= 0.3 is 0 Å². The highest BCUT2D eigenvalue weighted by atomic mass is 31.2. The number of allylic oxidation sites excluding steroid dienone is 2. The van der Waals surface area contributed by atoms with E-state index in [1.165, 1.54) is 135 Å². The van der Waals surface area contributed by atoms with Crippen LogP contribution in [0, 0.1) is 0 Å². The van der Waals surface area contributed by atoms with Crippen LogP contribution in [0.4, 0.5) is 0 Å². The van der Waals surface area contributed by atoms with Crippen LogP contribution in [-0.4, -0.2) is 45.7 Å². The Morgan fingerprint density at radius 2 is 0.943 bits per heavy atom. The largest absolute Gasteiger partial charge is 0.353 e. The molecule has 0 rings (SSSR count). The van der Waals surface area contributed by atoms with E-state index in [0.717, 1.165) is 19.6 Å². The maximum absolute atomic E-state index is 6.20. The minimum Gasteiger partial charge on any atom is -0.353 e. The lowest BCUT2D eigenvalue weighted by atomic mass is 10.1. The first-order chi connectivity index (χ1) is 17.0. The molecule has 0 N–H and O–H groups in total. The van der Waals surface area contributed by atoms with Crippen molar-refractivity contribution in [2.24, 2.45) is 0 Å². The van der Waals surface area contributed by atoms with Crippen LogP contribution < -0.4 is 0 Å². The van der Waals surface area contributed by atoms with Crippen molar-refractivity contribution in [1.82, 2.24) is 0 Å². The molecule has 0 aliphatic carbocycles. The zero-order valence-corrected chi connectivity index (χ0v) is 25.9. The normalized spacial score (nSPS) is 12.4. The number of rotatable bonds is 28. The van der Waals surface area contributed by atoms with E-state index in [2.05, 4.69) is 46.0 Å². The van der Waals surface area contributed by atoms with E-state index in [1.54, 1.807) is 0 Å². The summed E-state index contributed by atoms with van der Waals surface area (Å²) >= 11 is 0. The average molecular weight is 514 g/mol. The van der Waals surface area contributed by atoms with Crippen molar-refractivity contribution < 1.29 is 9.47 Å². The van der Waals surface area contributed by atoms with Crippen molar-refractivity contribution in [2.45, 2.75) is 155 Å². The van der Waals surface area contributed by atoms with E-state index in [4.69, 9.17) is 9.47 Å². The van der Waals surface area contributed by atoms with Crippen molar-refractivity contribution in [3.8, 4) is 0 Å². The molecule has 2 nitrogen and oxygen atoms in total. The molecule has 210 valence electrons. The van der Waals surface area contributed by atoms with Gasteiger partial charge in [-0.1, -0.05) is 109 Å². The molecule has 0 aromatic heterocycles. The first-order valence-corrected chi connectivity index (χ1v) is 19.0. The molecule has 0 fully saturated rings. The molecule has 0 saturated heterocycles. The topological polar surface area (TPSA) is 18.5 Å². The Kier molecular flexibility index (Phi) is 27.2. The van der Waals surface area contributed by atoms with Gasteiger partial charge in [-0.3, -0.25) is 0 Å². The van der Waals surface area contributed by atoms with Crippen LogP contribution in [0.25, 0.3) is 0 Å². The second-order valence-electron chi connectivity index (χ2n) is 11.7. The summed E-state index contributed by atoms with van der Waals surface area (Å²) in [6.45, 7) is 13.6. The van der Waals surface area contributed by atoms with Crippen molar-refractivity contribution in [2.75, 3.05) is 39.4 Å². The molecule has 0 atom stereocenters. The smallest absolute Gasteiger partial charge is 0.157 e. The maximum atomic E-state index is 6.20. The molecule has 0 radical (unpaired) electrons. The van der Waals surface area contributed by atoms with Crippen LogP contribution in [0.5, 0.6) is 0 Å². The Labute approximate surface area is 223 Å². The Bertz CT molecular complexity index is 410. The summed E-state index contributed by atoms with van der Waals surface area (Å²) in [5.74, 6) is 0. The highest BCUT2D eigenvalue weighted by molar-refractivity contribution is 7.73. The monoisotopic (exact) mass is 513 g/mol. The first-order valence-electron chi connectivity index (χ1n) is 15.7. The molecule has 0 unspecified atom stereocenters. The average Bonchev–Trinajstić information content (AvgIpc) is 2.82. The fourth-order valence-electron chi connectivity index (χ4n) is 4.43. The fraction of sp³-hybridized carbons (Fsp3) is 0.938. The number of ether oxygens (including phenoxy) is 2.